The fraction of sp³-hybridized carbons (Fsp3) is 0.571. The van der Waals surface area contributed by atoms with Gasteiger partial charge in [-0.2, -0.15) is 0 Å². The first-order valence-electron chi connectivity index (χ1n) is 7.97. The lowest BCUT2D eigenvalue weighted by molar-refractivity contribution is 0.559. The van der Waals surface area contributed by atoms with Gasteiger partial charge in [-0.25, -0.2) is 0 Å². The predicted octanol–water partition coefficient (Wildman–Crippen LogP) is 6.25. The van der Waals surface area contributed by atoms with Crippen LogP contribution in [-0.2, 0) is 17.3 Å². The van der Waals surface area contributed by atoms with E-state index in [1.165, 1.54) is 27.8 Å². The highest BCUT2D eigenvalue weighted by Gasteiger charge is 2.24. The van der Waals surface area contributed by atoms with Gasteiger partial charge in [0, 0.05) is 0 Å². The fourth-order valence-electron chi connectivity index (χ4n) is 2.90. The van der Waals surface area contributed by atoms with E-state index in [0.29, 0.717) is 0 Å². The molecule has 0 N–H and O–H groups in total. The first-order chi connectivity index (χ1) is 9.46. The van der Waals surface area contributed by atoms with Crippen LogP contribution in [0, 0.1) is 6.92 Å². The van der Waals surface area contributed by atoms with Crippen LogP contribution in [0.2, 0.25) is 0 Å². The SMILES string of the molecule is C=C=C(C)CCc1cc(C(C)(C)C)c(C)c(C(C)(C)C)c1. The van der Waals surface area contributed by atoms with Crippen LogP contribution in [0.4, 0.5) is 0 Å². The third-order valence-corrected chi connectivity index (χ3v) is 4.17. The molecule has 0 unspecified atom stereocenters. The smallest absolute Gasteiger partial charge is 0.0129 e. The van der Waals surface area contributed by atoms with Crippen molar-refractivity contribution in [3.8, 4) is 0 Å². The van der Waals surface area contributed by atoms with Crippen LogP contribution in [-0.4, -0.2) is 0 Å². The van der Waals surface area contributed by atoms with Crippen molar-refractivity contribution in [2.75, 3.05) is 0 Å². The maximum absolute atomic E-state index is 3.74. The molecule has 1 aromatic carbocycles. The van der Waals surface area contributed by atoms with Gasteiger partial charge in [0.25, 0.3) is 0 Å². The summed E-state index contributed by atoms with van der Waals surface area (Å²) in [5.41, 5.74) is 10.5. The second-order valence-corrected chi connectivity index (χ2v) is 8.27. The van der Waals surface area contributed by atoms with Gasteiger partial charge in [-0.15, -0.1) is 5.73 Å². The average molecular weight is 284 g/mol. The molecule has 21 heavy (non-hydrogen) atoms. The Morgan fingerprint density at radius 2 is 1.43 bits per heavy atom. The summed E-state index contributed by atoms with van der Waals surface area (Å²) >= 11 is 0. The number of rotatable bonds is 3. The molecular weight excluding hydrogens is 252 g/mol. The maximum Gasteiger partial charge on any atom is -0.0129 e. The topological polar surface area (TPSA) is 0 Å². The lowest BCUT2D eigenvalue weighted by Gasteiger charge is -2.30. The van der Waals surface area contributed by atoms with Gasteiger partial charge in [-0.05, 0) is 65.3 Å². The van der Waals surface area contributed by atoms with E-state index in [0.717, 1.165) is 12.8 Å². The third kappa shape index (κ3) is 4.61. The van der Waals surface area contributed by atoms with Crippen molar-refractivity contribution < 1.29 is 0 Å². The number of allylic oxidation sites excluding steroid dienone is 1. The Labute approximate surface area is 132 Å². The number of aryl methyl sites for hydroxylation is 1. The predicted molar refractivity (Wildman–Crippen MR) is 95.2 cm³/mol. The van der Waals surface area contributed by atoms with Crippen molar-refractivity contribution in [2.24, 2.45) is 0 Å². The minimum Gasteiger partial charge on any atom is -0.130 e. The van der Waals surface area contributed by atoms with Crippen molar-refractivity contribution in [3.63, 3.8) is 0 Å². The lowest BCUT2D eigenvalue weighted by Crippen LogP contribution is -2.20. The Hall–Kier alpha value is -1.26. The van der Waals surface area contributed by atoms with Crippen LogP contribution in [0.3, 0.4) is 0 Å². The van der Waals surface area contributed by atoms with E-state index in [9.17, 15) is 0 Å². The minimum atomic E-state index is 0.184. The van der Waals surface area contributed by atoms with Crippen LogP contribution < -0.4 is 0 Å². The second-order valence-electron chi connectivity index (χ2n) is 8.27. The Kier molecular flexibility index (Phi) is 5.29. The molecule has 0 aliphatic carbocycles. The van der Waals surface area contributed by atoms with Gasteiger partial charge < -0.3 is 0 Å². The first kappa shape index (κ1) is 17.8. The first-order valence-corrected chi connectivity index (χ1v) is 7.97. The molecule has 1 rings (SSSR count). The molecule has 0 saturated heterocycles. The summed E-state index contributed by atoms with van der Waals surface area (Å²) in [6, 6.07) is 4.81. The zero-order valence-electron chi connectivity index (χ0n) is 15.3. The van der Waals surface area contributed by atoms with E-state index in [-0.39, 0.29) is 10.8 Å². The van der Waals surface area contributed by atoms with Gasteiger partial charge in [-0.1, -0.05) is 60.3 Å². The molecular formula is C21H32. The Bertz CT molecular complexity index is 518. The van der Waals surface area contributed by atoms with Crippen LogP contribution in [0.25, 0.3) is 0 Å². The molecule has 0 nitrogen and oxygen atoms in total. The molecule has 0 saturated carbocycles. The van der Waals surface area contributed by atoms with Gasteiger partial charge in [-0.3, -0.25) is 0 Å². The van der Waals surface area contributed by atoms with E-state index in [4.69, 9.17) is 0 Å². The summed E-state index contributed by atoms with van der Waals surface area (Å²) in [5.74, 6) is 0. The summed E-state index contributed by atoms with van der Waals surface area (Å²) in [7, 11) is 0. The molecule has 0 aromatic heterocycles. The van der Waals surface area contributed by atoms with Gasteiger partial charge in [0.2, 0.25) is 0 Å². The van der Waals surface area contributed by atoms with Gasteiger partial charge in [0.05, 0.1) is 0 Å². The molecule has 0 heterocycles. The third-order valence-electron chi connectivity index (χ3n) is 4.17. The molecule has 0 aliphatic heterocycles. The van der Waals surface area contributed by atoms with E-state index >= 15 is 0 Å². The largest absolute Gasteiger partial charge is 0.130 e. The van der Waals surface area contributed by atoms with Crippen LogP contribution in [0.1, 0.15) is 77.1 Å². The summed E-state index contributed by atoms with van der Waals surface area (Å²) in [6.45, 7) is 22.0. The normalized spacial score (nSPS) is 12.2. The van der Waals surface area contributed by atoms with Crippen LogP contribution in [0.15, 0.2) is 30.0 Å². The molecule has 0 bridgehead atoms. The highest BCUT2D eigenvalue weighted by atomic mass is 14.3. The van der Waals surface area contributed by atoms with Gasteiger partial charge >= 0.3 is 0 Å². The van der Waals surface area contributed by atoms with Crippen LogP contribution >= 0.6 is 0 Å². The molecule has 0 amide bonds. The molecule has 0 spiro atoms. The van der Waals surface area contributed by atoms with Crippen molar-refractivity contribution in [3.05, 3.63) is 52.3 Å². The Balaban J connectivity index is 3.37. The lowest BCUT2D eigenvalue weighted by atomic mass is 9.75. The minimum absolute atomic E-state index is 0.184. The standard InChI is InChI=1S/C21H32/c1-10-15(2)11-12-17-13-18(20(4,5)6)16(3)19(14-17)21(7,8)9/h13-14H,1,11-12H2,2-9H3. The maximum atomic E-state index is 3.74. The summed E-state index contributed by atoms with van der Waals surface area (Å²) in [6.07, 6.45) is 2.11. The van der Waals surface area contributed by atoms with Crippen molar-refractivity contribution in [1.29, 1.82) is 0 Å². The quantitative estimate of drug-likeness (QED) is 0.575. The molecule has 0 radical (unpaired) electrons. The van der Waals surface area contributed by atoms with Gasteiger partial charge in [0.1, 0.15) is 0 Å². The van der Waals surface area contributed by atoms with E-state index < -0.39 is 0 Å². The summed E-state index contributed by atoms with van der Waals surface area (Å²) in [5, 5.41) is 0. The number of benzene rings is 1. The molecule has 116 valence electrons. The molecule has 0 aliphatic rings. The average Bonchev–Trinajstić information content (AvgIpc) is 2.34. The Morgan fingerprint density at radius 3 is 1.76 bits per heavy atom. The fourth-order valence-corrected chi connectivity index (χ4v) is 2.90. The number of hydrogen-bond donors (Lipinski definition) is 0. The van der Waals surface area contributed by atoms with E-state index in [1.807, 2.05) is 0 Å². The summed E-state index contributed by atoms with van der Waals surface area (Å²) < 4.78 is 0. The molecule has 0 heteroatoms. The monoisotopic (exact) mass is 284 g/mol. The molecule has 1 aromatic rings. The zero-order chi connectivity index (χ0) is 16.4. The van der Waals surface area contributed by atoms with Crippen molar-refractivity contribution in [2.45, 2.75) is 79.1 Å². The highest BCUT2D eigenvalue weighted by molar-refractivity contribution is 5.45. The molecule has 0 atom stereocenters. The van der Waals surface area contributed by atoms with Gasteiger partial charge in [0.15, 0.2) is 0 Å². The van der Waals surface area contributed by atoms with Crippen LogP contribution in [0.5, 0.6) is 0 Å². The zero-order valence-corrected chi connectivity index (χ0v) is 15.3. The molecule has 0 fully saturated rings. The van der Waals surface area contributed by atoms with Crippen molar-refractivity contribution in [1.82, 2.24) is 0 Å². The Morgan fingerprint density at radius 1 is 1.00 bits per heavy atom. The second kappa shape index (κ2) is 6.24. The van der Waals surface area contributed by atoms with E-state index in [1.54, 1.807) is 0 Å². The van der Waals surface area contributed by atoms with E-state index in [2.05, 4.69) is 79.8 Å². The highest BCUT2D eigenvalue weighted by Crippen LogP contribution is 2.35. The van der Waals surface area contributed by atoms with Crippen molar-refractivity contribution >= 4 is 0 Å². The summed E-state index contributed by atoms with van der Waals surface area (Å²) in [4.78, 5) is 0. The number of hydrogen-bond acceptors (Lipinski definition) is 0.